The van der Waals surface area contributed by atoms with E-state index in [0.717, 1.165) is 37.0 Å². The SMILES string of the molecule is COc1ccc(CC(=O)NC2CCC(N)CC2)cc1.Cl. The number of carbonyl (C=O) groups excluding carboxylic acids is 1. The molecule has 5 heteroatoms. The largest absolute Gasteiger partial charge is 0.497 e. The zero-order chi connectivity index (χ0) is 13.7. The first kappa shape index (κ1) is 16.8. The van der Waals surface area contributed by atoms with Crippen LogP contribution in [0.5, 0.6) is 5.75 Å². The molecule has 1 fully saturated rings. The van der Waals surface area contributed by atoms with E-state index in [1.807, 2.05) is 24.3 Å². The number of amides is 1. The highest BCUT2D eigenvalue weighted by Crippen LogP contribution is 2.17. The highest BCUT2D eigenvalue weighted by molar-refractivity contribution is 5.85. The normalized spacial score (nSPS) is 21.7. The molecule has 3 N–H and O–H groups in total. The molecule has 0 atom stereocenters. The fourth-order valence-electron chi connectivity index (χ4n) is 2.47. The highest BCUT2D eigenvalue weighted by atomic mass is 35.5. The summed E-state index contributed by atoms with van der Waals surface area (Å²) in [5.41, 5.74) is 6.86. The van der Waals surface area contributed by atoms with Gasteiger partial charge in [0.1, 0.15) is 5.75 Å². The van der Waals surface area contributed by atoms with Crippen molar-refractivity contribution in [2.24, 2.45) is 5.73 Å². The number of halogens is 1. The van der Waals surface area contributed by atoms with E-state index in [0.29, 0.717) is 18.5 Å². The Balaban J connectivity index is 0.00000200. The molecule has 1 aliphatic carbocycles. The van der Waals surface area contributed by atoms with Crippen molar-refractivity contribution in [2.45, 2.75) is 44.2 Å². The predicted octanol–water partition coefficient (Wildman–Crippen LogP) is 2.05. The van der Waals surface area contributed by atoms with E-state index in [2.05, 4.69) is 5.32 Å². The second-order valence-electron chi connectivity index (χ2n) is 5.20. The van der Waals surface area contributed by atoms with Crippen molar-refractivity contribution in [3.05, 3.63) is 29.8 Å². The Morgan fingerprint density at radius 2 is 1.85 bits per heavy atom. The van der Waals surface area contributed by atoms with Crippen molar-refractivity contribution in [2.75, 3.05) is 7.11 Å². The van der Waals surface area contributed by atoms with Crippen molar-refractivity contribution >= 4 is 18.3 Å². The lowest BCUT2D eigenvalue weighted by Gasteiger charge is -2.26. The minimum absolute atomic E-state index is 0. The molecule has 20 heavy (non-hydrogen) atoms. The average molecular weight is 299 g/mol. The summed E-state index contributed by atoms with van der Waals surface area (Å²) in [4.78, 5) is 11.9. The van der Waals surface area contributed by atoms with Gasteiger partial charge in [-0.3, -0.25) is 4.79 Å². The Kier molecular flexibility index (Phi) is 6.82. The van der Waals surface area contributed by atoms with E-state index >= 15 is 0 Å². The number of carbonyl (C=O) groups is 1. The van der Waals surface area contributed by atoms with Crippen molar-refractivity contribution < 1.29 is 9.53 Å². The van der Waals surface area contributed by atoms with E-state index < -0.39 is 0 Å². The van der Waals surface area contributed by atoms with Gasteiger partial charge in [0, 0.05) is 12.1 Å². The van der Waals surface area contributed by atoms with Gasteiger partial charge in [-0.2, -0.15) is 0 Å². The lowest BCUT2D eigenvalue weighted by Crippen LogP contribution is -2.41. The number of nitrogens with one attached hydrogen (secondary N) is 1. The van der Waals surface area contributed by atoms with Crippen molar-refractivity contribution in [1.29, 1.82) is 0 Å². The summed E-state index contributed by atoms with van der Waals surface area (Å²) >= 11 is 0. The summed E-state index contributed by atoms with van der Waals surface area (Å²) in [7, 11) is 1.63. The molecule has 0 heterocycles. The van der Waals surface area contributed by atoms with E-state index in [1.165, 1.54) is 0 Å². The summed E-state index contributed by atoms with van der Waals surface area (Å²) in [6.45, 7) is 0. The summed E-state index contributed by atoms with van der Waals surface area (Å²) in [6, 6.07) is 8.22. The lowest BCUT2D eigenvalue weighted by atomic mass is 9.91. The second kappa shape index (κ2) is 8.12. The van der Waals surface area contributed by atoms with Crippen LogP contribution in [0.4, 0.5) is 0 Å². The topological polar surface area (TPSA) is 64.3 Å². The molecule has 1 amide bonds. The Bertz CT molecular complexity index is 414. The fourth-order valence-corrected chi connectivity index (χ4v) is 2.47. The molecule has 4 nitrogen and oxygen atoms in total. The van der Waals surface area contributed by atoms with Gasteiger partial charge < -0.3 is 15.8 Å². The number of nitrogens with two attached hydrogens (primary N) is 1. The van der Waals surface area contributed by atoms with Crippen LogP contribution in [0.2, 0.25) is 0 Å². The van der Waals surface area contributed by atoms with Crippen LogP contribution in [0.3, 0.4) is 0 Å². The fraction of sp³-hybridized carbons (Fsp3) is 0.533. The van der Waals surface area contributed by atoms with Crippen molar-refractivity contribution in [1.82, 2.24) is 5.32 Å². The zero-order valence-corrected chi connectivity index (χ0v) is 12.6. The molecule has 1 saturated carbocycles. The standard InChI is InChI=1S/C15H22N2O2.ClH/c1-19-14-8-2-11(3-9-14)10-15(18)17-13-6-4-12(16)5-7-13;/h2-3,8-9,12-13H,4-7,10,16H2,1H3,(H,17,18);1H. The van der Waals surface area contributed by atoms with E-state index in [4.69, 9.17) is 10.5 Å². The number of benzene rings is 1. The number of hydrogen-bond donors (Lipinski definition) is 2. The first-order chi connectivity index (χ1) is 9.17. The van der Waals surface area contributed by atoms with Crippen LogP contribution in [0.15, 0.2) is 24.3 Å². The summed E-state index contributed by atoms with van der Waals surface area (Å²) in [5.74, 6) is 0.899. The molecular formula is C15H23ClN2O2. The van der Waals surface area contributed by atoms with Crippen LogP contribution in [0, 0.1) is 0 Å². The molecule has 2 rings (SSSR count). The maximum absolute atomic E-state index is 11.9. The monoisotopic (exact) mass is 298 g/mol. The molecule has 0 unspecified atom stereocenters. The maximum atomic E-state index is 11.9. The molecule has 0 aliphatic heterocycles. The lowest BCUT2D eigenvalue weighted by molar-refractivity contribution is -0.121. The van der Waals surface area contributed by atoms with E-state index in [-0.39, 0.29) is 18.3 Å². The minimum Gasteiger partial charge on any atom is -0.497 e. The molecule has 0 spiro atoms. The molecule has 1 aliphatic rings. The average Bonchev–Trinajstić information content (AvgIpc) is 2.42. The van der Waals surface area contributed by atoms with Crippen LogP contribution in [-0.2, 0) is 11.2 Å². The number of hydrogen-bond acceptors (Lipinski definition) is 3. The van der Waals surface area contributed by atoms with Gasteiger partial charge in [-0.1, -0.05) is 12.1 Å². The van der Waals surface area contributed by atoms with Gasteiger partial charge in [-0.25, -0.2) is 0 Å². The van der Waals surface area contributed by atoms with Gasteiger partial charge in [0.25, 0.3) is 0 Å². The van der Waals surface area contributed by atoms with Crippen molar-refractivity contribution in [3.63, 3.8) is 0 Å². The molecule has 112 valence electrons. The summed E-state index contributed by atoms with van der Waals surface area (Å²) < 4.78 is 5.09. The first-order valence-electron chi connectivity index (χ1n) is 6.85. The van der Waals surface area contributed by atoms with Crippen LogP contribution >= 0.6 is 12.4 Å². The van der Waals surface area contributed by atoms with Gasteiger partial charge in [-0.05, 0) is 43.4 Å². The van der Waals surface area contributed by atoms with Crippen LogP contribution in [-0.4, -0.2) is 25.1 Å². The van der Waals surface area contributed by atoms with Gasteiger partial charge in [-0.15, -0.1) is 12.4 Å². The molecule has 0 aromatic heterocycles. The Labute approximate surface area is 126 Å². The Morgan fingerprint density at radius 3 is 2.40 bits per heavy atom. The summed E-state index contributed by atoms with van der Waals surface area (Å²) in [6.07, 6.45) is 4.43. The molecule has 1 aromatic carbocycles. The second-order valence-corrected chi connectivity index (χ2v) is 5.20. The van der Waals surface area contributed by atoms with Gasteiger partial charge in [0.2, 0.25) is 5.91 Å². The van der Waals surface area contributed by atoms with E-state index in [9.17, 15) is 4.79 Å². The third-order valence-corrected chi connectivity index (χ3v) is 3.66. The quantitative estimate of drug-likeness (QED) is 0.894. The smallest absolute Gasteiger partial charge is 0.224 e. The third-order valence-electron chi connectivity index (χ3n) is 3.66. The molecule has 0 bridgehead atoms. The van der Waals surface area contributed by atoms with Crippen LogP contribution in [0.25, 0.3) is 0 Å². The van der Waals surface area contributed by atoms with Crippen LogP contribution < -0.4 is 15.8 Å². The maximum Gasteiger partial charge on any atom is 0.224 e. The van der Waals surface area contributed by atoms with Gasteiger partial charge >= 0.3 is 0 Å². The molecule has 1 aromatic rings. The van der Waals surface area contributed by atoms with E-state index in [1.54, 1.807) is 7.11 Å². The van der Waals surface area contributed by atoms with Crippen LogP contribution in [0.1, 0.15) is 31.2 Å². The zero-order valence-electron chi connectivity index (χ0n) is 11.8. The number of rotatable bonds is 4. The first-order valence-corrected chi connectivity index (χ1v) is 6.85. The molecule has 0 saturated heterocycles. The minimum atomic E-state index is 0. The molecule has 0 radical (unpaired) electrons. The Hall–Kier alpha value is -1.26. The number of methoxy groups -OCH3 is 1. The molecular weight excluding hydrogens is 276 g/mol. The summed E-state index contributed by atoms with van der Waals surface area (Å²) in [5, 5.41) is 3.09. The third kappa shape index (κ3) is 5.02. The van der Waals surface area contributed by atoms with Gasteiger partial charge in [0.15, 0.2) is 0 Å². The highest BCUT2D eigenvalue weighted by Gasteiger charge is 2.19. The van der Waals surface area contributed by atoms with Gasteiger partial charge in [0.05, 0.1) is 13.5 Å². The van der Waals surface area contributed by atoms with Crippen molar-refractivity contribution in [3.8, 4) is 5.75 Å². The number of ether oxygens (including phenoxy) is 1. The Morgan fingerprint density at radius 1 is 1.25 bits per heavy atom. The predicted molar refractivity (Wildman–Crippen MR) is 82.3 cm³/mol.